The lowest BCUT2D eigenvalue weighted by Gasteiger charge is -2.18. The van der Waals surface area contributed by atoms with Crippen molar-refractivity contribution >= 4 is 5.78 Å². The van der Waals surface area contributed by atoms with Crippen molar-refractivity contribution in [2.24, 2.45) is 5.92 Å². The van der Waals surface area contributed by atoms with Crippen molar-refractivity contribution in [2.45, 2.75) is 46.0 Å². The summed E-state index contributed by atoms with van der Waals surface area (Å²) in [4.78, 5) is 11.4. The second-order valence-corrected chi connectivity index (χ2v) is 3.77. The number of hydrogen-bond acceptors (Lipinski definition) is 1. The Bertz CT molecular complexity index is 191. The van der Waals surface area contributed by atoms with E-state index in [0.717, 1.165) is 19.3 Å². The smallest absolute Gasteiger partial charge is 0.158 e. The quantitative estimate of drug-likeness (QED) is 0.629. The van der Waals surface area contributed by atoms with Crippen molar-refractivity contribution < 1.29 is 4.79 Å². The van der Waals surface area contributed by atoms with E-state index in [1.165, 1.54) is 18.4 Å². The SMILES string of the molecule is CCCCC1CCC(C)=CC1=O. The van der Waals surface area contributed by atoms with Crippen LogP contribution in [-0.2, 0) is 4.79 Å². The maximum atomic E-state index is 11.4. The molecule has 0 fully saturated rings. The number of rotatable bonds is 3. The van der Waals surface area contributed by atoms with Gasteiger partial charge in [0.1, 0.15) is 0 Å². The minimum absolute atomic E-state index is 0.341. The fourth-order valence-electron chi connectivity index (χ4n) is 1.71. The van der Waals surface area contributed by atoms with Gasteiger partial charge in [-0.3, -0.25) is 4.79 Å². The van der Waals surface area contributed by atoms with Crippen molar-refractivity contribution in [1.29, 1.82) is 0 Å². The summed E-state index contributed by atoms with van der Waals surface area (Å²) in [7, 11) is 0. The van der Waals surface area contributed by atoms with Crippen LogP contribution in [0, 0.1) is 5.92 Å². The van der Waals surface area contributed by atoms with E-state index in [-0.39, 0.29) is 0 Å². The van der Waals surface area contributed by atoms with Crippen LogP contribution in [0.15, 0.2) is 11.6 Å². The van der Waals surface area contributed by atoms with Crippen molar-refractivity contribution in [1.82, 2.24) is 0 Å². The van der Waals surface area contributed by atoms with Gasteiger partial charge in [0.15, 0.2) is 5.78 Å². The third-order valence-electron chi connectivity index (χ3n) is 2.58. The molecule has 0 radical (unpaired) electrons. The Balaban J connectivity index is 2.42. The molecule has 0 bridgehead atoms. The molecule has 0 aromatic heterocycles. The van der Waals surface area contributed by atoms with Crippen LogP contribution in [0.5, 0.6) is 0 Å². The van der Waals surface area contributed by atoms with Crippen LogP contribution < -0.4 is 0 Å². The number of carbonyl (C=O) groups excluding carboxylic acids is 1. The monoisotopic (exact) mass is 166 g/mol. The zero-order chi connectivity index (χ0) is 8.97. The molecule has 0 heterocycles. The maximum absolute atomic E-state index is 11.4. The molecule has 0 aromatic carbocycles. The summed E-state index contributed by atoms with van der Waals surface area (Å²) >= 11 is 0. The molecular formula is C11H18O. The van der Waals surface area contributed by atoms with Gasteiger partial charge in [-0.25, -0.2) is 0 Å². The molecule has 1 nitrogen and oxygen atoms in total. The Morgan fingerprint density at radius 3 is 2.92 bits per heavy atom. The van der Waals surface area contributed by atoms with Gasteiger partial charge in [-0.05, 0) is 32.3 Å². The highest BCUT2D eigenvalue weighted by atomic mass is 16.1. The van der Waals surface area contributed by atoms with Crippen molar-refractivity contribution in [3.8, 4) is 0 Å². The zero-order valence-electron chi connectivity index (χ0n) is 8.10. The lowest BCUT2D eigenvalue weighted by Crippen LogP contribution is -2.16. The first kappa shape index (κ1) is 9.50. The molecule has 1 atom stereocenters. The summed E-state index contributed by atoms with van der Waals surface area (Å²) < 4.78 is 0. The second kappa shape index (κ2) is 4.44. The van der Waals surface area contributed by atoms with E-state index in [2.05, 4.69) is 6.92 Å². The van der Waals surface area contributed by atoms with E-state index in [1.807, 2.05) is 13.0 Å². The van der Waals surface area contributed by atoms with Gasteiger partial charge in [0.05, 0.1) is 0 Å². The molecule has 0 N–H and O–H groups in total. The van der Waals surface area contributed by atoms with E-state index in [4.69, 9.17) is 0 Å². The minimum Gasteiger partial charge on any atom is -0.295 e. The third-order valence-corrected chi connectivity index (χ3v) is 2.58. The average molecular weight is 166 g/mol. The van der Waals surface area contributed by atoms with Crippen molar-refractivity contribution in [2.75, 3.05) is 0 Å². The van der Waals surface area contributed by atoms with Gasteiger partial charge < -0.3 is 0 Å². The molecule has 12 heavy (non-hydrogen) atoms. The molecule has 1 aliphatic rings. The first-order chi connectivity index (χ1) is 5.74. The molecule has 0 saturated carbocycles. The molecule has 0 amide bonds. The van der Waals surface area contributed by atoms with Crippen LogP contribution in [0.3, 0.4) is 0 Å². The van der Waals surface area contributed by atoms with Crippen LogP contribution >= 0.6 is 0 Å². The number of carbonyl (C=O) groups is 1. The van der Waals surface area contributed by atoms with Gasteiger partial charge in [-0.1, -0.05) is 25.3 Å². The van der Waals surface area contributed by atoms with E-state index >= 15 is 0 Å². The standard InChI is InChI=1S/C11H18O/c1-3-4-5-10-7-6-9(2)8-11(10)12/h8,10H,3-7H2,1-2H3. The Morgan fingerprint density at radius 2 is 2.33 bits per heavy atom. The third kappa shape index (κ3) is 2.47. The molecular weight excluding hydrogens is 148 g/mol. The Kier molecular flexibility index (Phi) is 3.51. The highest BCUT2D eigenvalue weighted by molar-refractivity contribution is 5.93. The summed E-state index contributed by atoms with van der Waals surface area (Å²) in [5.41, 5.74) is 1.26. The second-order valence-electron chi connectivity index (χ2n) is 3.77. The van der Waals surface area contributed by atoms with E-state index in [1.54, 1.807) is 0 Å². The lowest BCUT2D eigenvalue weighted by atomic mass is 9.86. The maximum Gasteiger partial charge on any atom is 0.158 e. The summed E-state index contributed by atoms with van der Waals surface area (Å²) in [5, 5.41) is 0. The van der Waals surface area contributed by atoms with E-state index in [0.29, 0.717) is 11.7 Å². The molecule has 1 unspecified atom stereocenters. The van der Waals surface area contributed by atoms with Crippen LogP contribution in [0.1, 0.15) is 46.0 Å². The normalized spacial score (nSPS) is 24.0. The number of ketones is 1. The number of allylic oxidation sites excluding steroid dienone is 2. The van der Waals surface area contributed by atoms with Crippen LogP contribution in [0.4, 0.5) is 0 Å². The van der Waals surface area contributed by atoms with Gasteiger partial charge in [-0.15, -0.1) is 0 Å². The van der Waals surface area contributed by atoms with Gasteiger partial charge in [-0.2, -0.15) is 0 Å². The van der Waals surface area contributed by atoms with Gasteiger partial charge in [0.25, 0.3) is 0 Å². The summed E-state index contributed by atoms with van der Waals surface area (Å²) in [6.07, 6.45) is 7.54. The first-order valence-electron chi connectivity index (χ1n) is 4.95. The molecule has 1 rings (SSSR count). The highest BCUT2D eigenvalue weighted by Gasteiger charge is 2.19. The predicted molar refractivity (Wildman–Crippen MR) is 51.0 cm³/mol. The lowest BCUT2D eigenvalue weighted by molar-refractivity contribution is -0.119. The minimum atomic E-state index is 0.341. The number of hydrogen-bond donors (Lipinski definition) is 0. The largest absolute Gasteiger partial charge is 0.295 e. The zero-order valence-corrected chi connectivity index (χ0v) is 8.10. The fraction of sp³-hybridized carbons (Fsp3) is 0.727. The Hall–Kier alpha value is -0.590. The van der Waals surface area contributed by atoms with Crippen LogP contribution in [-0.4, -0.2) is 5.78 Å². The van der Waals surface area contributed by atoms with Crippen molar-refractivity contribution in [3.63, 3.8) is 0 Å². The van der Waals surface area contributed by atoms with Crippen LogP contribution in [0.2, 0.25) is 0 Å². The topological polar surface area (TPSA) is 17.1 Å². The molecule has 0 spiro atoms. The average Bonchev–Trinajstić information content (AvgIpc) is 2.03. The van der Waals surface area contributed by atoms with E-state index in [9.17, 15) is 4.79 Å². The predicted octanol–water partition coefficient (Wildman–Crippen LogP) is 3.10. The van der Waals surface area contributed by atoms with Gasteiger partial charge in [0, 0.05) is 5.92 Å². The first-order valence-corrected chi connectivity index (χ1v) is 4.95. The Morgan fingerprint density at radius 1 is 1.58 bits per heavy atom. The number of unbranched alkanes of at least 4 members (excludes halogenated alkanes) is 1. The van der Waals surface area contributed by atoms with Crippen molar-refractivity contribution in [3.05, 3.63) is 11.6 Å². The Labute approximate surface area is 74.9 Å². The van der Waals surface area contributed by atoms with Gasteiger partial charge >= 0.3 is 0 Å². The van der Waals surface area contributed by atoms with Gasteiger partial charge in [0.2, 0.25) is 0 Å². The molecule has 1 heteroatoms. The molecule has 1 aliphatic carbocycles. The van der Waals surface area contributed by atoms with E-state index < -0.39 is 0 Å². The fourth-order valence-corrected chi connectivity index (χ4v) is 1.71. The highest BCUT2D eigenvalue weighted by Crippen LogP contribution is 2.24. The molecule has 0 aromatic rings. The summed E-state index contributed by atoms with van der Waals surface area (Å²) in [6, 6.07) is 0. The van der Waals surface area contributed by atoms with Crippen LogP contribution in [0.25, 0.3) is 0 Å². The molecule has 68 valence electrons. The molecule has 0 aliphatic heterocycles. The summed E-state index contributed by atoms with van der Waals surface area (Å²) in [5.74, 6) is 0.709. The summed E-state index contributed by atoms with van der Waals surface area (Å²) in [6.45, 7) is 4.22. The molecule has 0 saturated heterocycles.